The molecule has 3 rings (SSSR count). The van der Waals surface area contributed by atoms with E-state index in [2.05, 4.69) is 22.1 Å². The lowest BCUT2D eigenvalue weighted by Gasteiger charge is -2.38. The standard InChI is InChI=1S/C15H24N4O/c1-3-4-13-17-14(16-2)9-15(18-13)19-10-5-6-11(19)8-12(20)7-10/h9-12,20H,3-8H2,1-2H3,(H,16,17,18). The summed E-state index contributed by atoms with van der Waals surface area (Å²) in [4.78, 5) is 11.7. The monoisotopic (exact) mass is 276 g/mol. The van der Waals surface area contributed by atoms with Crippen LogP contribution in [0.5, 0.6) is 0 Å². The SMILES string of the molecule is CCCc1nc(NC)cc(N2C3CCC2CC(O)C3)n1. The molecule has 2 bridgehead atoms. The van der Waals surface area contributed by atoms with E-state index >= 15 is 0 Å². The van der Waals surface area contributed by atoms with Crippen molar-refractivity contribution in [1.82, 2.24) is 9.97 Å². The van der Waals surface area contributed by atoms with Crippen LogP contribution in [-0.4, -0.2) is 40.3 Å². The number of aliphatic hydroxyl groups excluding tert-OH is 1. The van der Waals surface area contributed by atoms with Gasteiger partial charge >= 0.3 is 0 Å². The highest BCUT2D eigenvalue weighted by Gasteiger charge is 2.41. The molecule has 3 heterocycles. The molecule has 5 heteroatoms. The van der Waals surface area contributed by atoms with Gasteiger partial charge in [-0.3, -0.25) is 0 Å². The van der Waals surface area contributed by atoms with Gasteiger partial charge in [0, 0.05) is 31.6 Å². The average Bonchev–Trinajstić information content (AvgIpc) is 2.71. The number of fused-ring (bicyclic) bond motifs is 2. The van der Waals surface area contributed by atoms with E-state index in [4.69, 9.17) is 4.98 Å². The Morgan fingerprint density at radius 3 is 2.60 bits per heavy atom. The Labute approximate surface area is 120 Å². The quantitative estimate of drug-likeness (QED) is 0.880. The maximum absolute atomic E-state index is 9.92. The van der Waals surface area contributed by atoms with Gasteiger partial charge in [-0.15, -0.1) is 0 Å². The second-order valence-corrected chi connectivity index (χ2v) is 5.95. The molecule has 0 radical (unpaired) electrons. The molecule has 1 aromatic rings. The van der Waals surface area contributed by atoms with E-state index in [0.717, 1.165) is 43.1 Å². The molecule has 2 N–H and O–H groups in total. The zero-order chi connectivity index (χ0) is 14.1. The number of nitrogens with zero attached hydrogens (tertiary/aromatic N) is 3. The number of anilines is 2. The fourth-order valence-corrected chi connectivity index (χ4v) is 3.60. The third kappa shape index (κ3) is 2.46. The Balaban J connectivity index is 1.91. The topological polar surface area (TPSA) is 61.3 Å². The number of aliphatic hydroxyl groups is 1. The maximum Gasteiger partial charge on any atom is 0.134 e. The third-order valence-electron chi connectivity index (χ3n) is 4.46. The van der Waals surface area contributed by atoms with Crippen LogP contribution in [0.1, 0.15) is 44.9 Å². The number of aryl methyl sites for hydroxylation is 1. The van der Waals surface area contributed by atoms with Crippen LogP contribution in [0, 0.1) is 0 Å². The first-order valence-electron chi connectivity index (χ1n) is 7.73. The lowest BCUT2D eigenvalue weighted by molar-refractivity contribution is 0.126. The summed E-state index contributed by atoms with van der Waals surface area (Å²) in [6, 6.07) is 2.93. The molecule has 2 aliphatic rings. The summed E-state index contributed by atoms with van der Waals surface area (Å²) in [6.45, 7) is 2.15. The van der Waals surface area contributed by atoms with Crippen molar-refractivity contribution in [3.63, 3.8) is 0 Å². The van der Waals surface area contributed by atoms with Gasteiger partial charge in [0.05, 0.1) is 6.10 Å². The first-order chi connectivity index (χ1) is 9.71. The van der Waals surface area contributed by atoms with Gasteiger partial charge in [-0.25, -0.2) is 9.97 Å². The minimum Gasteiger partial charge on any atom is -0.393 e. The molecule has 2 saturated heterocycles. The summed E-state index contributed by atoms with van der Waals surface area (Å²) in [5.74, 6) is 2.84. The van der Waals surface area contributed by atoms with Gasteiger partial charge < -0.3 is 15.3 Å². The predicted molar refractivity (Wildman–Crippen MR) is 80.1 cm³/mol. The van der Waals surface area contributed by atoms with Crippen molar-refractivity contribution in [2.24, 2.45) is 0 Å². The summed E-state index contributed by atoms with van der Waals surface area (Å²) < 4.78 is 0. The molecule has 0 spiro atoms. The fourth-order valence-electron chi connectivity index (χ4n) is 3.60. The molecule has 110 valence electrons. The minimum absolute atomic E-state index is 0.135. The van der Waals surface area contributed by atoms with E-state index in [1.165, 1.54) is 12.8 Å². The van der Waals surface area contributed by atoms with Crippen molar-refractivity contribution in [2.45, 2.75) is 63.6 Å². The van der Waals surface area contributed by atoms with Gasteiger partial charge in [-0.05, 0) is 32.1 Å². The number of hydrogen-bond donors (Lipinski definition) is 2. The molecular formula is C15H24N4O. The van der Waals surface area contributed by atoms with E-state index in [9.17, 15) is 5.11 Å². The summed E-state index contributed by atoms with van der Waals surface area (Å²) in [5.41, 5.74) is 0. The molecular weight excluding hydrogens is 252 g/mol. The Morgan fingerprint density at radius 1 is 1.30 bits per heavy atom. The van der Waals surface area contributed by atoms with Gasteiger partial charge in [0.25, 0.3) is 0 Å². The lowest BCUT2D eigenvalue weighted by atomic mass is 10.00. The van der Waals surface area contributed by atoms with Crippen LogP contribution < -0.4 is 10.2 Å². The minimum atomic E-state index is -0.135. The molecule has 5 nitrogen and oxygen atoms in total. The van der Waals surface area contributed by atoms with Gasteiger partial charge in [-0.1, -0.05) is 6.92 Å². The van der Waals surface area contributed by atoms with Crippen molar-refractivity contribution >= 4 is 11.6 Å². The number of rotatable bonds is 4. The Hall–Kier alpha value is -1.36. The molecule has 2 unspecified atom stereocenters. The molecule has 0 amide bonds. The summed E-state index contributed by atoms with van der Waals surface area (Å²) >= 11 is 0. The molecule has 0 aliphatic carbocycles. The number of piperidine rings is 1. The van der Waals surface area contributed by atoms with Crippen LogP contribution in [-0.2, 0) is 6.42 Å². The zero-order valence-electron chi connectivity index (χ0n) is 12.3. The second kappa shape index (κ2) is 5.56. The van der Waals surface area contributed by atoms with Crippen LogP contribution in [0.4, 0.5) is 11.6 Å². The number of hydrogen-bond acceptors (Lipinski definition) is 5. The smallest absolute Gasteiger partial charge is 0.134 e. The van der Waals surface area contributed by atoms with Crippen LogP contribution in [0.15, 0.2) is 6.07 Å². The van der Waals surface area contributed by atoms with Crippen molar-refractivity contribution in [3.8, 4) is 0 Å². The Kier molecular flexibility index (Phi) is 3.78. The average molecular weight is 276 g/mol. The van der Waals surface area contributed by atoms with Gasteiger partial charge in [0.1, 0.15) is 17.5 Å². The second-order valence-electron chi connectivity index (χ2n) is 5.95. The Bertz CT molecular complexity index is 465. The van der Waals surface area contributed by atoms with Crippen molar-refractivity contribution < 1.29 is 5.11 Å². The number of aromatic nitrogens is 2. The van der Waals surface area contributed by atoms with Crippen molar-refractivity contribution in [3.05, 3.63) is 11.9 Å². The van der Waals surface area contributed by atoms with E-state index in [1.807, 2.05) is 13.1 Å². The molecule has 2 atom stereocenters. The third-order valence-corrected chi connectivity index (χ3v) is 4.46. The van der Waals surface area contributed by atoms with Crippen LogP contribution >= 0.6 is 0 Å². The van der Waals surface area contributed by atoms with Crippen LogP contribution in [0.3, 0.4) is 0 Å². The van der Waals surface area contributed by atoms with Gasteiger partial charge in [-0.2, -0.15) is 0 Å². The van der Waals surface area contributed by atoms with Gasteiger partial charge in [0.15, 0.2) is 0 Å². The van der Waals surface area contributed by atoms with Crippen molar-refractivity contribution in [1.29, 1.82) is 0 Å². The normalized spacial score (nSPS) is 28.8. The highest BCUT2D eigenvalue weighted by molar-refractivity contribution is 5.52. The molecule has 1 aromatic heterocycles. The summed E-state index contributed by atoms with van der Waals surface area (Å²) in [7, 11) is 1.90. The molecule has 20 heavy (non-hydrogen) atoms. The van der Waals surface area contributed by atoms with E-state index in [1.54, 1.807) is 0 Å². The molecule has 0 saturated carbocycles. The molecule has 2 aliphatic heterocycles. The van der Waals surface area contributed by atoms with Crippen LogP contribution in [0.2, 0.25) is 0 Å². The van der Waals surface area contributed by atoms with Gasteiger partial charge in [0.2, 0.25) is 0 Å². The predicted octanol–water partition coefficient (Wildman–Crippen LogP) is 1.96. The first kappa shape index (κ1) is 13.6. The molecule has 0 aromatic carbocycles. The first-order valence-corrected chi connectivity index (χ1v) is 7.73. The van der Waals surface area contributed by atoms with Crippen LogP contribution in [0.25, 0.3) is 0 Å². The number of nitrogens with one attached hydrogen (secondary N) is 1. The molecule has 2 fully saturated rings. The van der Waals surface area contributed by atoms with E-state index < -0.39 is 0 Å². The van der Waals surface area contributed by atoms with E-state index in [-0.39, 0.29) is 6.10 Å². The maximum atomic E-state index is 9.92. The summed E-state index contributed by atoms with van der Waals surface area (Å²) in [5, 5.41) is 13.1. The highest BCUT2D eigenvalue weighted by atomic mass is 16.3. The Morgan fingerprint density at radius 2 is 2.00 bits per heavy atom. The highest BCUT2D eigenvalue weighted by Crippen LogP contribution is 2.39. The van der Waals surface area contributed by atoms with E-state index in [0.29, 0.717) is 12.1 Å². The summed E-state index contributed by atoms with van der Waals surface area (Å²) in [6.07, 6.45) is 5.92. The fraction of sp³-hybridized carbons (Fsp3) is 0.733. The zero-order valence-corrected chi connectivity index (χ0v) is 12.3. The largest absolute Gasteiger partial charge is 0.393 e. The van der Waals surface area contributed by atoms with Crippen molar-refractivity contribution in [2.75, 3.05) is 17.3 Å². The lowest BCUT2D eigenvalue weighted by Crippen LogP contribution is -2.45.